The summed E-state index contributed by atoms with van der Waals surface area (Å²) in [6.07, 6.45) is 3.33. The molecule has 0 bridgehead atoms. The average molecular weight is 830 g/mol. The first-order valence-electron chi connectivity index (χ1n) is 18.2. The molecule has 0 radical (unpaired) electrons. The molecule has 5 aromatic rings. The summed E-state index contributed by atoms with van der Waals surface area (Å²) >= 11 is 2.17. The normalized spacial score (nSPS) is 18.7. The van der Waals surface area contributed by atoms with Gasteiger partial charge in [0.1, 0.15) is 12.2 Å². The van der Waals surface area contributed by atoms with Crippen molar-refractivity contribution in [3.63, 3.8) is 0 Å². The minimum Gasteiger partial charge on any atom is -0.493 e. The number of halogens is 1. The first kappa shape index (κ1) is 35.6. The van der Waals surface area contributed by atoms with E-state index in [-0.39, 0.29) is 17.4 Å². The first-order valence-corrected chi connectivity index (χ1v) is 19.3. The Morgan fingerprint density at radius 3 is 2.02 bits per heavy atom. The van der Waals surface area contributed by atoms with E-state index in [1.165, 1.54) is 34.0 Å². The van der Waals surface area contributed by atoms with Crippen LogP contribution < -0.4 is 24.6 Å². The Morgan fingerprint density at radius 1 is 0.796 bits per heavy atom. The fourth-order valence-electron chi connectivity index (χ4n) is 8.04. The van der Waals surface area contributed by atoms with Gasteiger partial charge in [0, 0.05) is 30.6 Å². The van der Waals surface area contributed by atoms with Gasteiger partial charge in [-0.1, -0.05) is 78.9 Å². The number of rotatable bonds is 8. The van der Waals surface area contributed by atoms with Crippen molar-refractivity contribution in [3.8, 4) is 11.5 Å². The second-order valence-electron chi connectivity index (χ2n) is 14.2. The van der Waals surface area contributed by atoms with E-state index in [4.69, 9.17) is 9.47 Å². The van der Waals surface area contributed by atoms with Crippen LogP contribution in [0.1, 0.15) is 69.2 Å². The zero-order valence-electron chi connectivity index (χ0n) is 30.4. The van der Waals surface area contributed by atoms with Crippen molar-refractivity contribution in [2.24, 2.45) is 0 Å². The summed E-state index contributed by atoms with van der Waals surface area (Å²) in [6, 6.07) is 33.8. The van der Waals surface area contributed by atoms with Gasteiger partial charge in [0.05, 0.1) is 16.4 Å². The largest absolute Gasteiger partial charge is 0.493 e. The number of anilines is 2. The highest BCUT2D eigenvalue weighted by molar-refractivity contribution is 14.1. The molecule has 3 aliphatic heterocycles. The van der Waals surface area contributed by atoms with Crippen LogP contribution in [0, 0.1) is 17.4 Å². The zero-order chi connectivity index (χ0) is 37.5. The van der Waals surface area contributed by atoms with Crippen molar-refractivity contribution in [2.75, 3.05) is 30.0 Å². The monoisotopic (exact) mass is 829 g/mol. The van der Waals surface area contributed by atoms with Crippen molar-refractivity contribution in [1.29, 1.82) is 0 Å². The number of barbiturate groups is 1. The molecule has 9 heteroatoms. The number of methoxy groups -OCH3 is 1. The van der Waals surface area contributed by atoms with Gasteiger partial charge in [-0.15, -0.1) is 0 Å². The van der Waals surface area contributed by atoms with E-state index in [9.17, 15) is 14.4 Å². The number of hydrogen-bond donors (Lipinski definition) is 1. The number of hydrogen-bond acceptors (Lipinski definition) is 6. The summed E-state index contributed by atoms with van der Waals surface area (Å²) in [6.45, 7) is 6.33. The zero-order valence-corrected chi connectivity index (χ0v) is 32.6. The Labute approximate surface area is 328 Å². The highest BCUT2D eigenvalue weighted by Gasteiger charge is 2.40. The molecular formula is C45H40IN3O5. The lowest BCUT2D eigenvalue weighted by molar-refractivity contribution is -0.122. The number of benzene rings is 5. The molecule has 1 saturated heterocycles. The molecule has 0 unspecified atom stereocenters. The number of imide groups is 2. The summed E-state index contributed by atoms with van der Waals surface area (Å²) in [7, 11) is 1.55. The SMILES string of the molecule is COc1cc(/C=C2\C(=O)NC(=O)N(c3cc4c5c(c3)[C@H](c3ccccc3)CCN5CC[C@H]4c3ccccc3)C2=O)cc(I)c1OCc1ccc(C)c(C)c1. The summed E-state index contributed by atoms with van der Waals surface area (Å²) in [5, 5.41) is 2.45. The van der Waals surface area contributed by atoms with Crippen molar-refractivity contribution in [3.05, 3.63) is 157 Å². The molecule has 0 saturated carbocycles. The molecule has 3 aliphatic rings. The van der Waals surface area contributed by atoms with Gasteiger partial charge in [-0.3, -0.25) is 14.9 Å². The molecule has 54 heavy (non-hydrogen) atoms. The maximum Gasteiger partial charge on any atom is 0.335 e. The van der Waals surface area contributed by atoms with Crippen molar-refractivity contribution >= 4 is 57.9 Å². The van der Waals surface area contributed by atoms with Crippen LogP contribution in [-0.4, -0.2) is 38.0 Å². The van der Waals surface area contributed by atoms with Crippen LogP contribution in [0.25, 0.3) is 6.08 Å². The number of aryl methyl sites for hydroxylation is 2. The highest BCUT2D eigenvalue weighted by atomic mass is 127. The van der Waals surface area contributed by atoms with Gasteiger partial charge in [-0.2, -0.15) is 0 Å². The van der Waals surface area contributed by atoms with Crippen molar-refractivity contribution in [1.82, 2.24) is 5.32 Å². The smallest absolute Gasteiger partial charge is 0.335 e. The van der Waals surface area contributed by atoms with E-state index in [2.05, 4.69) is 107 Å². The van der Waals surface area contributed by atoms with Gasteiger partial charge in [0.25, 0.3) is 11.8 Å². The van der Waals surface area contributed by atoms with E-state index in [0.29, 0.717) is 29.4 Å². The summed E-state index contributed by atoms with van der Waals surface area (Å²) in [4.78, 5) is 45.1. The quantitative estimate of drug-likeness (QED) is 0.0955. The standard InChI is InChI=1S/C45H40IN3O5/c1-27-14-15-29(20-28(27)2)26-54-42-39(46)22-30(23-40(42)53-3)21-38-43(50)47-45(52)49(44(38)51)33-24-36-34(31-10-6-4-7-11-31)16-18-48-19-17-35(37(25-33)41(36)48)32-12-8-5-9-13-32/h4-15,20-25,34-35H,16-19,26H2,1-3H3,(H,47,50,52)/b38-21+/t34-,35-/m0/s1. The molecule has 0 aliphatic carbocycles. The summed E-state index contributed by atoms with van der Waals surface area (Å²) in [5.74, 6) is -0.249. The van der Waals surface area contributed by atoms with Crippen LogP contribution in [0.5, 0.6) is 11.5 Å². The molecular weight excluding hydrogens is 789 g/mol. The van der Waals surface area contributed by atoms with Crippen molar-refractivity contribution in [2.45, 2.75) is 45.1 Å². The second-order valence-corrected chi connectivity index (χ2v) is 15.3. The van der Waals surface area contributed by atoms with Gasteiger partial charge < -0.3 is 14.4 Å². The van der Waals surface area contributed by atoms with Crippen LogP contribution in [0.3, 0.4) is 0 Å². The maximum absolute atomic E-state index is 14.4. The highest BCUT2D eigenvalue weighted by Crippen LogP contribution is 2.50. The third-order valence-electron chi connectivity index (χ3n) is 10.9. The predicted octanol–water partition coefficient (Wildman–Crippen LogP) is 9.04. The molecule has 0 aromatic heterocycles. The Hall–Kier alpha value is -5.42. The fraction of sp³-hybridized carbons (Fsp3) is 0.222. The topological polar surface area (TPSA) is 88.2 Å². The average Bonchev–Trinajstić information content (AvgIpc) is 3.18. The molecule has 3 heterocycles. The number of nitrogens with one attached hydrogen (secondary N) is 1. The van der Waals surface area contributed by atoms with E-state index in [1.54, 1.807) is 13.2 Å². The third kappa shape index (κ3) is 6.66. The first-order chi connectivity index (χ1) is 26.2. The molecule has 0 spiro atoms. The lowest BCUT2D eigenvalue weighted by Crippen LogP contribution is -2.54. The predicted molar refractivity (Wildman–Crippen MR) is 219 cm³/mol. The number of urea groups is 1. The Balaban J connectivity index is 1.18. The van der Waals surface area contributed by atoms with Crippen LogP contribution in [0.15, 0.2) is 109 Å². The van der Waals surface area contributed by atoms with Gasteiger partial charge in [-0.25, -0.2) is 9.69 Å². The van der Waals surface area contributed by atoms with E-state index < -0.39 is 17.8 Å². The molecule has 4 amide bonds. The van der Waals surface area contributed by atoms with Crippen LogP contribution >= 0.6 is 22.6 Å². The Morgan fingerprint density at radius 2 is 1.43 bits per heavy atom. The van der Waals surface area contributed by atoms with E-state index in [0.717, 1.165) is 51.1 Å². The number of nitrogens with zero attached hydrogens (tertiary/aromatic N) is 2. The molecule has 272 valence electrons. The maximum atomic E-state index is 14.4. The number of carbonyl (C=O) groups is 3. The van der Waals surface area contributed by atoms with Gasteiger partial charge >= 0.3 is 6.03 Å². The third-order valence-corrected chi connectivity index (χ3v) is 11.7. The van der Waals surface area contributed by atoms with Crippen LogP contribution in [-0.2, 0) is 16.2 Å². The van der Waals surface area contributed by atoms with Crippen LogP contribution in [0.4, 0.5) is 16.2 Å². The number of amides is 4. The van der Waals surface area contributed by atoms with E-state index >= 15 is 0 Å². The minimum absolute atomic E-state index is 0.0792. The minimum atomic E-state index is -0.771. The molecule has 8 rings (SSSR count). The Kier molecular flexibility index (Phi) is 9.74. The second kappa shape index (κ2) is 14.8. The van der Waals surface area contributed by atoms with Crippen molar-refractivity contribution < 1.29 is 23.9 Å². The lowest BCUT2D eigenvalue weighted by Gasteiger charge is -2.44. The lowest BCUT2D eigenvalue weighted by atomic mass is 9.76. The molecule has 1 N–H and O–H groups in total. The van der Waals surface area contributed by atoms with Crippen LogP contribution in [0.2, 0.25) is 0 Å². The summed E-state index contributed by atoms with van der Waals surface area (Å²) < 4.78 is 12.7. The van der Waals surface area contributed by atoms with Gasteiger partial charge in [0.2, 0.25) is 0 Å². The van der Waals surface area contributed by atoms with Gasteiger partial charge in [0.15, 0.2) is 11.5 Å². The Bertz CT molecular complexity index is 2250. The molecule has 2 atom stereocenters. The molecule has 8 nitrogen and oxygen atoms in total. The number of ether oxygens (including phenoxy) is 2. The van der Waals surface area contributed by atoms with E-state index in [1.807, 2.05) is 36.4 Å². The van der Waals surface area contributed by atoms with Gasteiger partial charge in [-0.05, 0) is 124 Å². The molecule has 1 fully saturated rings. The molecule has 5 aromatic carbocycles. The number of carbonyl (C=O) groups excluding carboxylic acids is 3. The summed E-state index contributed by atoms with van der Waals surface area (Å²) in [5.41, 5.74) is 10.0. The fourth-order valence-corrected chi connectivity index (χ4v) is 8.82.